The summed E-state index contributed by atoms with van der Waals surface area (Å²) in [5.41, 5.74) is 9.71. The van der Waals surface area contributed by atoms with Crippen molar-refractivity contribution in [2.75, 3.05) is 19.0 Å². The molecule has 1 unspecified atom stereocenters. The number of hydrogen-bond acceptors (Lipinski definition) is 2. The van der Waals surface area contributed by atoms with E-state index in [1.54, 1.807) is 0 Å². The van der Waals surface area contributed by atoms with Gasteiger partial charge in [0.15, 0.2) is 0 Å². The molecule has 0 aliphatic carbocycles. The molecule has 0 saturated heterocycles. The molecule has 0 bridgehead atoms. The first-order chi connectivity index (χ1) is 8.09. The number of rotatable bonds is 3. The van der Waals surface area contributed by atoms with Gasteiger partial charge in [0.1, 0.15) is 0 Å². The van der Waals surface area contributed by atoms with Crippen molar-refractivity contribution in [1.29, 1.82) is 0 Å². The molecule has 0 aliphatic heterocycles. The van der Waals surface area contributed by atoms with E-state index in [2.05, 4.69) is 39.8 Å². The fourth-order valence-corrected chi connectivity index (χ4v) is 1.95. The molecule has 3 nitrogen and oxygen atoms in total. The van der Waals surface area contributed by atoms with Crippen LogP contribution in [0.3, 0.4) is 0 Å². The van der Waals surface area contributed by atoms with Gasteiger partial charge in [0, 0.05) is 38.7 Å². The normalized spacial score (nSPS) is 12.5. The van der Waals surface area contributed by atoms with E-state index in [0.29, 0.717) is 0 Å². The standard InChI is InChI=1S/C14H19N3/c1-16(2)12-8-6-11(7-9-12)14(15)13-5-4-10-17(13)3/h4-10,14H,15H2,1-3H3. The lowest BCUT2D eigenvalue weighted by Gasteiger charge is -2.16. The Bertz CT molecular complexity index is 482. The maximum atomic E-state index is 6.25. The third-order valence-electron chi connectivity index (χ3n) is 3.07. The van der Waals surface area contributed by atoms with Crippen molar-refractivity contribution in [3.8, 4) is 0 Å². The molecule has 2 N–H and O–H groups in total. The average molecular weight is 229 g/mol. The summed E-state index contributed by atoms with van der Waals surface area (Å²) in [6, 6.07) is 12.4. The number of anilines is 1. The summed E-state index contributed by atoms with van der Waals surface area (Å²) in [5.74, 6) is 0. The van der Waals surface area contributed by atoms with Crippen molar-refractivity contribution in [3.05, 3.63) is 53.9 Å². The molecule has 2 rings (SSSR count). The maximum absolute atomic E-state index is 6.25. The van der Waals surface area contributed by atoms with E-state index in [0.717, 1.165) is 11.3 Å². The van der Waals surface area contributed by atoms with Crippen molar-refractivity contribution in [3.63, 3.8) is 0 Å². The van der Waals surface area contributed by atoms with Crippen LogP contribution in [0.25, 0.3) is 0 Å². The maximum Gasteiger partial charge on any atom is 0.0706 e. The van der Waals surface area contributed by atoms with E-state index < -0.39 is 0 Å². The van der Waals surface area contributed by atoms with E-state index in [1.165, 1.54) is 5.69 Å². The van der Waals surface area contributed by atoms with Crippen LogP contribution in [-0.2, 0) is 7.05 Å². The van der Waals surface area contributed by atoms with Gasteiger partial charge in [-0.05, 0) is 29.8 Å². The molecule has 1 heterocycles. The van der Waals surface area contributed by atoms with Gasteiger partial charge < -0.3 is 15.2 Å². The average Bonchev–Trinajstić information content (AvgIpc) is 2.74. The zero-order chi connectivity index (χ0) is 12.4. The Hall–Kier alpha value is -1.74. The van der Waals surface area contributed by atoms with Crippen molar-refractivity contribution >= 4 is 5.69 Å². The van der Waals surface area contributed by atoms with Crippen molar-refractivity contribution in [1.82, 2.24) is 4.57 Å². The highest BCUT2D eigenvalue weighted by Crippen LogP contribution is 2.21. The summed E-state index contributed by atoms with van der Waals surface area (Å²) in [7, 11) is 6.08. The van der Waals surface area contributed by atoms with Gasteiger partial charge in [-0.1, -0.05) is 12.1 Å². The Morgan fingerprint density at radius 1 is 1.12 bits per heavy atom. The molecule has 0 aliphatic rings. The minimum Gasteiger partial charge on any atom is -0.378 e. The highest BCUT2D eigenvalue weighted by molar-refractivity contribution is 5.47. The molecule has 17 heavy (non-hydrogen) atoms. The van der Waals surface area contributed by atoms with Gasteiger partial charge >= 0.3 is 0 Å². The molecule has 0 saturated carbocycles. The predicted molar refractivity (Wildman–Crippen MR) is 72.2 cm³/mol. The summed E-state index contributed by atoms with van der Waals surface area (Å²) in [6.07, 6.45) is 2.02. The van der Waals surface area contributed by atoms with Gasteiger partial charge in [0.05, 0.1) is 6.04 Å². The third kappa shape index (κ3) is 2.34. The van der Waals surface area contributed by atoms with E-state index >= 15 is 0 Å². The first kappa shape index (κ1) is 11.7. The number of nitrogens with two attached hydrogens (primary N) is 1. The Balaban J connectivity index is 2.26. The number of aromatic nitrogens is 1. The third-order valence-corrected chi connectivity index (χ3v) is 3.07. The molecule has 1 atom stereocenters. The lowest BCUT2D eigenvalue weighted by atomic mass is 10.0. The minimum absolute atomic E-state index is 0.0637. The second-order valence-electron chi connectivity index (χ2n) is 4.51. The SMILES string of the molecule is CN(C)c1ccc(C(N)c2cccn2C)cc1. The Labute approximate surface area is 102 Å². The van der Waals surface area contributed by atoms with Gasteiger partial charge in [0.25, 0.3) is 0 Å². The molecular weight excluding hydrogens is 210 g/mol. The summed E-state index contributed by atoms with van der Waals surface area (Å²) in [4.78, 5) is 2.08. The van der Waals surface area contributed by atoms with E-state index in [-0.39, 0.29) is 6.04 Å². The van der Waals surface area contributed by atoms with E-state index in [1.807, 2.05) is 33.4 Å². The van der Waals surface area contributed by atoms with Crippen LogP contribution in [0.4, 0.5) is 5.69 Å². The lowest BCUT2D eigenvalue weighted by molar-refractivity contribution is 0.747. The Morgan fingerprint density at radius 3 is 2.24 bits per heavy atom. The fourth-order valence-electron chi connectivity index (χ4n) is 1.95. The van der Waals surface area contributed by atoms with Gasteiger partial charge in [-0.2, -0.15) is 0 Å². The molecule has 0 amide bonds. The first-order valence-corrected chi connectivity index (χ1v) is 5.73. The summed E-state index contributed by atoms with van der Waals surface area (Å²) >= 11 is 0. The largest absolute Gasteiger partial charge is 0.378 e. The molecule has 0 spiro atoms. The molecule has 0 radical (unpaired) electrons. The quantitative estimate of drug-likeness (QED) is 0.875. The summed E-state index contributed by atoms with van der Waals surface area (Å²) in [6.45, 7) is 0. The van der Waals surface area contributed by atoms with Crippen LogP contribution in [0.5, 0.6) is 0 Å². The number of aryl methyl sites for hydroxylation is 1. The van der Waals surface area contributed by atoms with Crippen molar-refractivity contribution in [2.45, 2.75) is 6.04 Å². The highest BCUT2D eigenvalue weighted by atomic mass is 15.1. The molecular formula is C14H19N3. The topological polar surface area (TPSA) is 34.2 Å². The van der Waals surface area contributed by atoms with Crippen molar-refractivity contribution in [2.24, 2.45) is 12.8 Å². The number of hydrogen-bond donors (Lipinski definition) is 1. The van der Waals surface area contributed by atoms with Crippen molar-refractivity contribution < 1.29 is 0 Å². The Morgan fingerprint density at radius 2 is 1.76 bits per heavy atom. The zero-order valence-corrected chi connectivity index (χ0v) is 10.6. The Kier molecular flexibility index (Phi) is 3.20. The fraction of sp³-hybridized carbons (Fsp3) is 0.286. The van der Waals surface area contributed by atoms with E-state index in [9.17, 15) is 0 Å². The first-order valence-electron chi connectivity index (χ1n) is 5.73. The summed E-state index contributed by atoms with van der Waals surface area (Å²) in [5, 5.41) is 0. The van der Waals surface area contributed by atoms with Crippen LogP contribution in [0.1, 0.15) is 17.3 Å². The molecule has 1 aromatic carbocycles. The molecule has 2 aromatic rings. The van der Waals surface area contributed by atoms with Gasteiger partial charge in [-0.15, -0.1) is 0 Å². The highest BCUT2D eigenvalue weighted by Gasteiger charge is 2.11. The number of benzene rings is 1. The molecule has 90 valence electrons. The molecule has 1 aromatic heterocycles. The van der Waals surface area contributed by atoms with E-state index in [4.69, 9.17) is 5.73 Å². The van der Waals surface area contributed by atoms with Gasteiger partial charge in [-0.3, -0.25) is 0 Å². The second-order valence-corrected chi connectivity index (χ2v) is 4.51. The predicted octanol–water partition coefficient (Wildman–Crippen LogP) is 2.14. The second kappa shape index (κ2) is 4.63. The van der Waals surface area contributed by atoms with Crippen LogP contribution in [0.15, 0.2) is 42.6 Å². The summed E-state index contributed by atoms with van der Waals surface area (Å²) < 4.78 is 2.06. The lowest BCUT2D eigenvalue weighted by Crippen LogP contribution is -2.15. The molecule has 0 fully saturated rings. The van der Waals surface area contributed by atoms with Gasteiger partial charge in [0.2, 0.25) is 0 Å². The van der Waals surface area contributed by atoms with Crippen LogP contribution in [-0.4, -0.2) is 18.7 Å². The van der Waals surface area contributed by atoms with Crippen LogP contribution in [0, 0.1) is 0 Å². The van der Waals surface area contributed by atoms with Crippen LogP contribution in [0.2, 0.25) is 0 Å². The monoisotopic (exact) mass is 229 g/mol. The smallest absolute Gasteiger partial charge is 0.0706 e. The van der Waals surface area contributed by atoms with Gasteiger partial charge in [-0.25, -0.2) is 0 Å². The minimum atomic E-state index is -0.0637. The molecule has 3 heteroatoms. The van der Waals surface area contributed by atoms with Crippen LogP contribution >= 0.6 is 0 Å². The zero-order valence-electron chi connectivity index (χ0n) is 10.6. The number of nitrogens with zero attached hydrogens (tertiary/aromatic N) is 2. The van der Waals surface area contributed by atoms with Crippen LogP contribution < -0.4 is 10.6 Å².